The van der Waals surface area contributed by atoms with E-state index in [-0.39, 0.29) is 6.04 Å². The summed E-state index contributed by atoms with van der Waals surface area (Å²) >= 11 is 0. The van der Waals surface area contributed by atoms with Crippen molar-refractivity contribution < 1.29 is 4.74 Å². The lowest BCUT2D eigenvalue weighted by molar-refractivity contribution is 0.306. The summed E-state index contributed by atoms with van der Waals surface area (Å²) in [6, 6.07) is 40.5. The maximum absolute atomic E-state index is 6.28. The molecule has 1 aliphatic heterocycles. The number of hydrogen-bond acceptors (Lipinski definition) is 3. The van der Waals surface area contributed by atoms with Crippen molar-refractivity contribution in [2.24, 2.45) is 10.9 Å². The standard InChI is InChI=1S/C36H30N2O/c1-2-9-25(10-3-1)24-39-35-22-19-26-11-4-5-12-29(26)33(35)23-37-28-20-17-27(18-21-28)36-32-15-8-14-30(32)31-13-6-7-16-34(31)38-36/h1-14,16-23,30,32,36,38H,15,24H2/t30-,32+,36+/m1/s1. The van der Waals surface area contributed by atoms with Crippen LogP contribution >= 0.6 is 0 Å². The summed E-state index contributed by atoms with van der Waals surface area (Å²) in [4.78, 5) is 4.89. The monoisotopic (exact) mass is 506 g/mol. The maximum Gasteiger partial charge on any atom is 0.129 e. The molecule has 0 radical (unpaired) electrons. The minimum atomic E-state index is 0.286. The SMILES string of the molecule is C1=C[C@@H]2c3ccccc3N[C@@H](c3ccc(N=Cc4c(OCc5ccccc5)ccc5ccccc45)cc3)[C@H]2C1. The quantitative estimate of drug-likeness (QED) is 0.184. The first kappa shape index (κ1) is 23.5. The third-order valence-electron chi connectivity index (χ3n) is 8.03. The summed E-state index contributed by atoms with van der Waals surface area (Å²) in [5.74, 6) is 1.85. The zero-order valence-electron chi connectivity index (χ0n) is 21.7. The van der Waals surface area contributed by atoms with Crippen LogP contribution in [0.25, 0.3) is 10.8 Å². The molecular formula is C36H30N2O. The van der Waals surface area contributed by atoms with Crippen molar-refractivity contribution in [1.82, 2.24) is 0 Å². The summed E-state index contributed by atoms with van der Waals surface area (Å²) in [5.41, 5.74) is 7.03. The molecule has 0 amide bonds. The lowest BCUT2D eigenvalue weighted by atomic mass is 9.77. The van der Waals surface area contributed by atoms with Crippen molar-refractivity contribution in [2.75, 3.05) is 5.32 Å². The number of ether oxygens (including phenoxy) is 1. The molecule has 190 valence electrons. The van der Waals surface area contributed by atoms with Crippen LogP contribution in [0.3, 0.4) is 0 Å². The van der Waals surface area contributed by atoms with Crippen molar-refractivity contribution in [2.45, 2.75) is 25.0 Å². The summed E-state index contributed by atoms with van der Waals surface area (Å²) in [6.45, 7) is 0.517. The molecule has 5 aromatic carbocycles. The molecule has 5 aromatic rings. The molecule has 0 spiro atoms. The fourth-order valence-electron chi connectivity index (χ4n) is 6.05. The molecule has 3 nitrogen and oxygen atoms in total. The second-order valence-corrected chi connectivity index (χ2v) is 10.4. The fraction of sp³-hybridized carbons (Fsp3) is 0.139. The Kier molecular flexibility index (Phi) is 6.18. The van der Waals surface area contributed by atoms with Gasteiger partial charge in [-0.3, -0.25) is 4.99 Å². The van der Waals surface area contributed by atoms with Gasteiger partial charge in [-0.05, 0) is 64.1 Å². The molecular weight excluding hydrogens is 476 g/mol. The van der Waals surface area contributed by atoms with E-state index in [1.165, 1.54) is 22.2 Å². The zero-order valence-corrected chi connectivity index (χ0v) is 21.7. The predicted molar refractivity (Wildman–Crippen MR) is 161 cm³/mol. The third kappa shape index (κ3) is 4.61. The van der Waals surface area contributed by atoms with Crippen LogP contribution in [0.2, 0.25) is 0 Å². The summed E-state index contributed by atoms with van der Waals surface area (Å²) < 4.78 is 6.28. The van der Waals surface area contributed by atoms with Crippen molar-refractivity contribution in [3.05, 3.63) is 150 Å². The summed E-state index contributed by atoms with van der Waals surface area (Å²) in [7, 11) is 0. The van der Waals surface area contributed by atoms with Gasteiger partial charge in [-0.15, -0.1) is 0 Å². The van der Waals surface area contributed by atoms with Gasteiger partial charge in [0.25, 0.3) is 0 Å². The van der Waals surface area contributed by atoms with E-state index in [2.05, 4.69) is 108 Å². The summed E-state index contributed by atoms with van der Waals surface area (Å²) in [5, 5.41) is 6.13. The highest BCUT2D eigenvalue weighted by Gasteiger charge is 2.37. The molecule has 3 atom stereocenters. The van der Waals surface area contributed by atoms with Gasteiger partial charge in [-0.1, -0.05) is 103 Å². The number of nitrogens with zero attached hydrogens (tertiary/aromatic N) is 1. The van der Waals surface area contributed by atoms with Gasteiger partial charge in [0.05, 0.1) is 11.7 Å². The molecule has 0 saturated heterocycles. The van der Waals surface area contributed by atoms with Gasteiger partial charge < -0.3 is 10.1 Å². The molecule has 0 saturated carbocycles. The van der Waals surface area contributed by atoms with Crippen LogP contribution in [0.1, 0.15) is 40.6 Å². The number of benzene rings is 5. The van der Waals surface area contributed by atoms with Crippen LogP contribution < -0.4 is 10.1 Å². The van der Waals surface area contributed by atoms with Crippen molar-refractivity contribution in [3.8, 4) is 5.75 Å². The van der Waals surface area contributed by atoms with Gasteiger partial charge in [-0.25, -0.2) is 0 Å². The molecule has 0 aromatic heterocycles. The van der Waals surface area contributed by atoms with E-state index in [1.54, 1.807) is 0 Å². The normalized spacial score (nSPS) is 19.5. The van der Waals surface area contributed by atoms with E-state index in [0.717, 1.165) is 34.4 Å². The Balaban J connectivity index is 1.16. The Hall–Kier alpha value is -4.63. The lowest BCUT2D eigenvalue weighted by Gasteiger charge is -2.37. The van der Waals surface area contributed by atoms with E-state index in [0.29, 0.717) is 18.4 Å². The van der Waals surface area contributed by atoms with E-state index < -0.39 is 0 Å². The molecule has 3 heteroatoms. The first-order valence-corrected chi connectivity index (χ1v) is 13.7. The van der Waals surface area contributed by atoms with E-state index >= 15 is 0 Å². The van der Waals surface area contributed by atoms with Gasteiger partial charge in [0, 0.05) is 23.4 Å². The highest BCUT2D eigenvalue weighted by Crippen LogP contribution is 2.49. The molecule has 1 aliphatic carbocycles. The molecule has 39 heavy (non-hydrogen) atoms. The first-order chi connectivity index (χ1) is 19.3. The lowest BCUT2D eigenvalue weighted by Crippen LogP contribution is -2.28. The number of hydrogen-bond donors (Lipinski definition) is 1. The number of rotatable bonds is 6. The topological polar surface area (TPSA) is 33.6 Å². The van der Waals surface area contributed by atoms with E-state index in [9.17, 15) is 0 Å². The van der Waals surface area contributed by atoms with Crippen molar-refractivity contribution >= 4 is 28.4 Å². The average molecular weight is 507 g/mol. The Morgan fingerprint density at radius 3 is 2.49 bits per heavy atom. The molecule has 0 fully saturated rings. The van der Waals surface area contributed by atoms with Crippen molar-refractivity contribution in [1.29, 1.82) is 0 Å². The number of para-hydroxylation sites is 1. The Morgan fingerprint density at radius 1 is 0.795 bits per heavy atom. The molecule has 1 heterocycles. The third-order valence-corrected chi connectivity index (χ3v) is 8.03. The Labute approximate surface area is 229 Å². The predicted octanol–water partition coefficient (Wildman–Crippen LogP) is 9.00. The van der Waals surface area contributed by atoms with Gasteiger partial charge >= 0.3 is 0 Å². The van der Waals surface area contributed by atoms with E-state index in [4.69, 9.17) is 9.73 Å². The minimum absolute atomic E-state index is 0.286. The highest BCUT2D eigenvalue weighted by molar-refractivity contribution is 6.03. The average Bonchev–Trinajstić information content (AvgIpc) is 3.50. The van der Waals surface area contributed by atoms with Gasteiger partial charge in [-0.2, -0.15) is 0 Å². The second-order valence-electron chi connectivity index (χ2n) is 10.4. The molecule has 0 bridgehead atoms. The van der Waals surface area contributed by atoms with Crippen LogP contribution in [0, 0.1) is 5.92 Å². The molecule has 1 N–H and O–H groups in total. The van der Waals surface area contributed by atoms with E-state index in [1.807, 2.05) is 30.5 Å². The fourth-order valence-corrected chi connectivity index (χ4v) is 6.05. The second kappa shape index (κ2) is 10.3. The number of aliphatic imine (C=N–C) groups is 1. The van der Waals surface area contributed by atoms with Gasteiger partial charge in [0.1, 0.15) is 12.4 Å². The van der Waals surface area contributed by atoms with Crippen LogP contribution in [0.15, 0.2) is 132 Å². The highest BCUT2D eigenvalue weighted by atomic mass is 16.5. The number of fused-ring (bicyclic) bond motifs is 4. The Morgan fingerprint density at radius 2 is 1.59 bits per heavy atom. The van der Waals surface area contributed by atoms with Gasteiger partial charge in [0.15, 0.2) is 0 Å². The number of anilines is 1. The largest absolute Gasteiger partial charge is 0.488 e. The smallest absolute Gasteiger partial charge is 0.129 e. The van der Waals surface area contributed by atoms with Crippen LogP contribution in [-0.4, -0.2) is 6.21 Å². The molecule has 2 aliphatic rings. The zero-order chi connectivity index (χ0) is 26.0. The maximum atomic E-state index is 6.28. The summed E-state index contributed by atoms with van der Waals surface area (Å²) in [6.07, 6.45) is 7.77. The number of allylic oxidation sites excluding steroid dienone is 2. The Bertz CT molecular complexity index is 1670. The van der Waals surface area contributed by atoms with Crippen molar-refractivity contribution in [3.63, 3.8) is 0 Å². The number of nitrogens with one attached hydrogen (secondary N) is 1. The van der Waals surface area contributed by atoms with Crippen LogP contribution in [0.5, 0.6) is 5.75 Å². The van der Waals surface area contributed by atoms with Gasteiger partial charge in [0.2, 0.25) is 0 Å². The first-order valence-electron chi connectivity index (χ1n) is 13.7. The molecule has 0 unspecified atom stereocenters. The molecule has 7 rings (SSSR count). The minimum Gasteiger partial charge on any atom is -0.488 e. The van der Waals surface area contributed by atoms with Crippen LogP contribution in [-0.2, 0) is 6.61 Å². The van der Waals surface area contributed by atoms with Crippen LogP contribution in [0.4, 0.5) is 11.4 Å².